The molecular weight excluding hydrogens is 411 g/mol. The van der Waals surface area contributed by atoms with Gasteiger partial charge in [-0.05, 0) is 67.2 Å². The molecule has 0 bridgehead atoms. The molecule has 31 heavy (non-hydrogen) atoms. The van der Waals surface area contributed by atoms with Crippen molar-refractivity contribution in [2.24, 2.45) is 5.41 Å². The number of carboxylic acids is 1. The summed E-state index contributed by atoms with van der Waals surface area (Å²) in [5, 5.41) is 15.1. The van der Waals surface area contributed by atoms with Gasteiger partial charge in [-0.1, -0.05) is 35.9 Å². The second kappa shape index (κ2) is 8.00. The van der Waals surface area contributed by atoms with Gasteiger partial charge >= 0.3 is 5.97 Å². The molecule has 1 aromatic heterocycles. The summed E-state index contributed by atoms with van der Waals surface area (Å²) in [5.41, 5.74) is 4.00. The first-order valence-corrected chi connectivity index (χ1v) is 11.5. The van der Waals surface area contributed by atoms with Crippen LogP contribution in [-0.4, -0.2) is 26.1 Å². The fourth-order valence-corrected chi connectivity index (χ4v) is 6.07. The lowest BCUT2D eigenvalue weighted by molar-refractivity contribution is -0.147. The lowest BCUT2D eigenvalue weighted by Gasteiger charge is -2.42. The van der Waals surface area contributed by atoms with Crippen LogP contribution in [0.25, 0.3) is 11.8 Å². The number of carboxylic acid groups (broad SMARTS) is 1. The fraction of sp³-hybridized carbons (Fsp3) is 0.280. The van der Waals surface area contributed by atoms with E-state index in [1.807, 2.05) is 36.0 Å². The molecule has 1 N–H and O–H groups in total. The zero-order valence-corrected chi connectivity index (χ0v) is 17.8. The Morgan fingerprint density at radius 1 is 1.19 bits per heavy atom. The van der Waals surface area contributed by atoms with Crippen LogP contribution in [0.15, 0.2) is 66.4 Å². The van der Waals surface area contributed by atoms with Gasteiger partial charge in [-0.25, -0.2) is 9.07 Å². The normalized spacial score (nSPS) is 22.4. The summed E-state index contributed by atoms with van der Waals surface area (Å²) in [7, 11) is 0. The molecular formula is C25H23FN2O2S. The van der Waals surface area contributed by atoms with Gasteiger partial charge in [0.2, 0.25) is 0 Å². The van der Waals surface area contributed by atoms with Crippen molar-refractivity contribution in [1.82, 2.24) is 9.78 Å². The number of aromatic nitrogens is 2. The molecule has 2 atom stereocenters. The van der Waals surface area contributed by atoms with Crippen LogP contribution in [0.4, 0.5) is 4.39 Å². The zero-order valence-electron chi connectivity index (χ0n) is 17.0. The van der Waals surface area contributed by atoms with Crippen molar-refractivity contribution in [1.29, 1.82) is 0 Å². The molecule has 0 aliphatic heterocycles. The number of hydrogen-bond acceptors (Lipinski definition) is 3. The van der Waals surface area contributed by atoms with Crippen molar-refractivity contribution in [2.75, 3.05) is 0 Å². The Bertz CT molecular complexity index is 1140. The minimum atomic E-state index is -0.865. The Morgan fingerprint density at radius 3 is 2.71 bits per heavy atom. The fourth-order valence-electron chi connectivity index (χ4n) is 4.76. The van der Waals surface area contributed by atoms with Gasteiger partial charge in [0.15, 0.2) is 0 Å². The van der Waals surface area contributed by atoms with Gasteiger partial charge in [0.25, 0.3) is 0 Å². The second-order valence-electron chi connectivity index (χ2n) is 8.34. The Balaban J connectivity index is 1.42. The number of fused-ring (bicyclic) bond motifs is 2. The molecule has 1 heterocycles. The third-order valence-electron chi connectivity index (χ3n) is 6.42. The summed E-state index contributed by atoms with van der Waals surface area (Å²) < 4.78 is 15.1. The summed E-state index contributed by atoms with van der Waals surface area (Å²) >= 11 is 1.86. The average Bonchev–Trinajstić information content (AvgIpc) is 3.19. The van der Waals surface area contributed by atoms with Crippen molar-refractivity contribution in [2.45, 2.75) is 36.7 Å². The Morgan fingerprint density at radius 2 is 1.97 bits per heavy atom. The molecule has 0 saturated heterocycles. The van der Waals surface area contributed by atoms with Crippen LogP contribution < -0.4 is 0 Å². The highest BCUT2D eigenvalue weighted by atomic mass is 32.2. The van der Waals surface area contributed by atoms with Crippen molar-refractivity contribution >= 4 is 23.8 Å². The highest BCUT2D eigenvalue weighted by Gasteiger charge is 2.49. The van der Waals surface area contributed by atoms with E-state index in [4.69, 9.17) is 0 Å². The molecule has 0 amide bonds. The number of halogens is 1. The average molecular weight is 435 g/mol. The SMILES string of the molecule is O=C(O)[C@]12Cc3cnn(-c4ccc(F)cc4)c3C=C1CC[C@H](SCc1ccccc1)C2. The molecule has 158 valence electrons. The van der Waals surface area contributed by atoms with E-state index < -0.39 is 11.4 Å². The van der Waals surface area contributed by atoms with Crippen LogP contribution >= 0.6 is 11.8 Å². The van der Waals surface area contributed by atoms with Gasteiger partial charge in [-0.15, -0.1) is 0 Å². The lowest BCUT2D eigenvalue weighted by Crippen LogP contribution is -2.42. The van der Waals surface area contributed by atoms with E-state index in [1.165, 1.54) is 17.7 Å². The van der Waals surface area contributed by atoms with E-state index in [0.717, 1.165) is 41.1 Å². The first-order chi connectivity index (χ1) is 15.0. The summed E-state index contributed by atoms with van der Waals surface area (Å²) in [6, 6.07) is 16.5. The Hall–Kier alpha value is -2.86. The van der Waals surface area contributed by atoms with Gasteiger partial charge in [-0.3, -0.25) is 4.79 Å². The van der Waals surface area contributed by atoms with Gasteiger partial charge in [0.1, 0.15) is 5.82 Å². The number of nitrogens with zero attached hydrogens (tertiary/aromatic N) is 2. The van der Waals surface area contributed by atoms with E-state index in [2.05, 4.69) is 17.2 Å². The Kier molecular flexibility index (Phi) is 5.18. The highest BCUT2D eigenvalue weighted by molar-refractivity contribution is 7.99. The number of aliphatic carboxylic acids is 1. The predicted molar refractivity (Wildman–Crippen MR) is 121 cm³/mol. The molecule has 2 aromatic carbocycles. The van der Waals surface area contributed by atoms with E-state index in [1.54, 1.807) is 23.0 Å². The van der Waals surface area contributed by atoms with Crippen molar-refractivity contribution in [3.05, 3.63) is 89.0 Å². The molecule has 0 spiro atoms. The standard InChI is InChI=1S/C25H23FN2O2S/c26-20-7-9-21(10-8-20)28-23-12-19-6-11-22(31-16-17-4-2-1-3-5-17)14-25(19,24(29)30)13-18(23)15-27-28/h1-5,7-10,12,15,22H,6,11,13-14,16H2,(H,29,30)/t22-,25-/m0/s1. The molecule has 1 fully saturated rings. The topological polar surface area (TPSA) is 55.1 Å². The van der Waals surface area contributed by atoms with E-state index in [-0.39, 0.29) is 5.82 Å². The number of benzene rings is 2. The number of rotatable bonds is 5. The molecule has 5 rings (SSSR count). The Labute approximate surface area is 184 Å². The second-order valence-corrected chi connectivity index (χ2v) is 9.63. The van der Waals surface area contributed by atoms with E-state index >= 15 is 0 Å². The minimum Gasteiger partial charge on any atom is -0.481 e. The van der Waals surface area contributed by atoms with E-state index in [0.29, 0.717) is 18.1 Å². The van der Waals surface area contributed by atoms with E-state index in [9.17, 15) is 14.3 Å². The summed E-state index contributed by atoms with van der Waals surface area (Å²) in [4.78, 5) is 12.5. The van der Waals surface area contributed by atoms with Gasteiger partial charge in [-0.2, -0.15) is 16.9 Å². The maximum Gasteiger partial charge on any atom is 0.314 e. The smallest absolute Gasteiger partial charge is 0.314 e. The molecule has 6 heteroatoms. The van der Waals surface area contributed by atoms with Crippen LogP contribution in [0.5, 0.6) is 0 Å². The van der Waals surface area contributed by atoms with Gasteiger partial charge in [0, 0.05) is 11.0 Å². The molecule has 1 saturated carbocycles. The highest BCUT2D eigenvalue weighted by Crippen LogP contribution is 2.51. The van der Waals surface area contributed by atoms with Crippen molar-refractivity contribution in [3.63, 3.8) is 0 Å². The van der Waals surface area contributed by atoms with Crippen molar-refractivity contribution < 1.29 is 14.3 Å². The summed E-state index contributed by atoms with van der Waals surface area (Å²) in [6.07, 6.45) is 6.60. The number of carbonyl (C=O) groups is 1. The maximum absolute atomic E-state index is 13.3. The van der Waals surface area contributed by atoms with Crippen LogP contribution in [0.1, 0.15) is 36.1 Å². The molecule has 4 nitrogen and oxygen atoms in total. The number of thioether (sulfide) groups is 1. The minimum absolute atomic E-state index is 0.292. The lowest BCUT2D eigenvalue weighted by atomic mass is 9.64. The monoisotopic (exact) mass is 434 g/mol. The quantitative estimate of drug-likeness (QED) is 0.575. The predicted octanol–water partition coefficient (Wildman–Crippen LogP) is 5.51. The summed E-state index contributed by atoms with van der Waals surface area (Å²) in [6.45, 7) is 0. The first kappa shape index (κ1) is 20.1. The van der Waals surface area contributed by atoms with Gasteiger partial charge in [0.05, 0.1) is 23.0 Å². The summed E-state index contributed by atoms with van der Waals surface area (Å²) in [5.74, 6) is -0.142. The third kappa shape index (κ3) is 3.69. The van der Waals surface area contributed by atoms with Crippen molar-refractivity contribution in [3.8, 4) is 5.69 Å². The van der Waals surface area contributed by atoms with Crippen LogP contribution in [0.3, 0.4) is 0 Å². The molecule has 3 aromatic rings. The van der Waals surface area contributed by atoms with Crippen LogP contribution in [0, 0.1) is 11.2 Å². The molecule has 2 aliphatic rings. The third-order valence-corrected chi connectivity index (χ3v) is 7.80. The number of hydrogen-bond donors (Lipinski definition) is 1. The van der Waals surface area contributed by atoms with Gasteiger partial charge < -0.3 is 5.11 Å². The molecule has 0 radical (unpaired) electrons. The zero-order chi connectivity index (χ0) is 21.4. The van der Waals surface area contributed by atoms with Crippen LogP contribution in [0.2, 0.25) is 0 Å². The first-order valence-electron chi connectivity index (χ1n) is 10.5. The molecule has 2 aliphatic carbocycles. The molecule has 0 unspecified atom stereocenters. The maximum atomic E-state index is 13.3. The largest absolute Gasteiger partial charge is 0.481 e. The van der Waals surface area contributed by atoms with Crippen LogP contribution in [-0.2, 0) is 17.0 Å².